The van der Waals surface area contributed by atoms with Crippen molar-refractivity contribution in [2.75, 3.05) is 0 Å². The monoisotopic (exact) mass is 480 g/mol. The van der Waals surface area contributed by atoms with Crippen LogP contribution in [-0.4, -0.2) is 16.2 Å². The van der Waals surface area contributed by atoms with E-state index in [-0.39, 0.29) is 17.2 Å². The summed E-state index contributed by atoms with van der Waals surface area (Å²) in [6.07, 6.45) is 0. The van der Waals surface area contributed by atoms with Gasteiger partial charge in [-0.25, -0.2) is 4.79 Å². The summed E-state index contributed by atoms with van der Waals surface area (Å²) in [5.74, 6) is -1.65. The predicted octanol–water partition coefficient (Wildman–Crippen LogP) is 8.24. The van der Waals surface area contributed by atoms with E-state index in [1.807, 2.05) is 72.8 Å². The molecule has 3 heteroatoms. The molecule has 0 atom stereocenters. The van der Waals surface area contributed by atoms with Gasteiger partial charge in [0.1, 0.15) is 11.3 Å². The van der Waals surface area contributed by atoms with Gasteiger partial charge in [0.25, 0.3) is 0 Å². The van der Waals surface area contributed by atoms with Gasteiger partial charge in [-0.2, -0.15) is 0 Å². The number of carboxylic acids is 1. The number of aromatic carboxylic acids is 1. The van der Waals surface area contributed by atoms with E-state index >= 15 is 0 Å². The van der Waals surface area contributed by atoms with Crippen molar-refractivity contribution in [3.8, 4) is 16.9 Å². The highest BCUT2D eigenvalue weighted by Gasteiger charge is 2.25. The molecule has 0 unspecified atom stereocenters. The van der Waals surface area contributed by atoms with Crippen LogP contribution in [-0.2, 0) is 0 Å². The maximum atomic E-state index is 12.3. The first-order chi connectivity index (χ1) is 18.1. The second kappa shape index (κ2) is 9.29. The Kier molecular flexibility index (Phi) is 5.66. The molecule has 0 heterocycles. The topological polar surface area (TPSA) is 57.5 Å². The number of benzene rings is 6. The molecule has 37 heavy (non-hydrogen) atoms. The molecule has 0 spiro atoms. The molecule has 3 nitrogen and oxygen atoms in total. The van der Waals surface area contributed by atoms with Gasteiger partial charge in [0, 0.05) is 11.5 Å². The molecular formula is C34H24O3. The molecule has 0 fully saturated rings. The smallest absolute Gasteiger partial charge is 0.339 e. The number of carboxylic acid groups (broad SMARTS) is 1. The van der Waals surface area contributed by atoms with Crippen molar-refractivity contribution in [2.24, 2.45) is 0 Å². The molecule has 0 radical (unpaired) electrons. The van der Waals surface area contributed by atoms with Gasteiger partial charge < -0.3 is 10.2 Å². The Bertz CT molecular complexity index is 1680. The van der Waals surface area contributed by atoms with Gasteiger partial charge in [0.05, 0.1) is 0 Å². The fourth-order valence-electron chi connectivity index (χ4n) is 5.36. The Labute approximate surface area is 214 Å². The fourth-order valence-corrected chi connectivity index (χ4v) is 5.36. The standard InChI is InChI=1S/C34H24O3/c35-33-30(24-10-2-1-3-11-24)20-25(21-31(33)34(36)37)32(28-18-8-14-22-12-4-6-16-26(22)28)29-19-9-15-23-13-5-7-17-27(23)29/h1-21,32,35H,(H,36,37). The lowest BCUT2D eigenvalue weighted by atomic mass is 9.79. The summed E-state index contributed by atoms with van der Waals surface area (Å²) >= 11 is 0. The molecule has 2 N–H and O–H groups in total. The van der Waals surface area contributed by atoms with Crippen molar-refractivity contribution >= 4 is 27.5 Å². The van der Waals surface area contributed by atoms with Crippen molar-refractivity contribution in [2.45, 2.75) is 5.92 Å². The van der Waals surface area contributed by atoms with Gasteiger partial charge in [-0.1, -0.05) is 115 Å². The Hall–Kier alpha value is -4.89. The molecule has 6 aromatic rings. The largest absolute Gasteiger partial charge is 0.506 e. The van der Waals surface area contributed by atoms with Crippen molar-refractivity contribution in [3.63, 3.8) is 0 Å². The number of hydrogen-bond donors (Lipinski definition) is 2. The lowest BCUT2D eigenvalue weighted by Crippen LogP contribution is -2.08. The molecule has 6 rings (SSSR count). The average Bonchev–Trinajstić information content (AvgIpc) is 2.94. The van der Waals surface area contributed by atoms with E-state index in [0.29, 0.717) is 5.56 Å². The molecule has 0 aliphatic rings. The van der Waals surface area contributed by atoms with Crippen LogP contribution >= 0.6 is 0 Å². The summed E-state index contributed by atoms with van der Waals surface area (Å²) in [4.78, 5) is 12.3. The minimum absolute atomic E-state index is 0.109. The Morgan fingerprint density at radius 2 is 1.11 bits per heavy atom. The first-order valence-corrected chi connectivity index (χ1v) is 12.2. The minimum Gasteiger partial charge on any atom is -0.506 e. The van der Waals surface area contributed by atoms with Crippen LogP contribution in [0.4, 0.5) is 0 Å². The predicted molar refractivity (Wildman–Crippen MR) is 149 cm³/mol. The summed E-state index contributed by atoms with van der Waals surface area (Å²) in [6.45, 7) is 0. The van der Waals surface area contributed by atoms with Gasteiger partial charge in [0.2, 0.25) is 0 Å². The number of carbonyl (C=O) groups is 1. The third-order valence-corrected chi connectivity index (χ3v) is 7.05. The minimum atomic E-state index is -1.16. The summed E-state index contributed by atoms with van der Waals surface area (Å²) in [7, 11) is 0. The lowest BCUT2D eigenvalue weighted by molar-refractivity contribution is 0.0693. The van der Waals surface area contributed by atoms with Gasteiger partial charge >= 0.3 is 5.97 Å². The van der Waals surface area contributed by atoms with E-state index in [9.17, 15) is 15.0 Å². The van der Waals surface area contributed by atoms with E-state index in [1.54, 1.807) is 6.07 Å². The highest BCUT2D eigenvalue weighted by molar-refractivity contribution is 5.96. The molecule has 0 saturated carbocycles. The highest BCUT2D eigenvalue weighted by Crippen LogP contribution is 2.43. The molecule has 0 amide bonds. The zero-order valence-corrected chi connectivity index (χ0v) is 20.0. The van der Waals surface area contributed by atoms with Crippen LogP contribution in [0.2, 0.25) is 0 Å². The second-order valence-corrected chi connectivity index (χ2v) is 9.21. The quantitative estimate of drug-likeness (QED) is 0.244. The third kappa shape index (κ3) is 4.01. The van der Waals surface area contributed by atoms with Crippen molar-refractivity contribution in [1.29, 1.82) is 0 Å². The molecule has 0 aliphatic carbocycles. The average molecular weight is 481 g/mol. The van der Waals surface area contributed by atoms with E-state index in [0.717, 1.165) is 43.8 Å². The zero-order chi connectivity index (χ0) is 25.4. The van der Waals surface area contributed by atoms with Crippen LogP contribution < -0.4 is 0 Å². The summed E-state index contributed by atoms with van der Waals surface area (Å²) in [5.41, 5.74) is 4.12. The van der Waals surface area contributed by atoms with Crippen molar-refractivity contribution < 1.29 is 15.0 Å². The Morgan fingerprint density at radius 1 is 0.595 bits per heavy atom. The molecule has 6 aromatic carbocycles. The van der Waals surface area contributed by atoms with Crippen LogP contribution in [0.3, 0.4) is 0 Å². The first kappa shape index (κ1) is 22.6. The second-order valence-electron chi connectivity index (χ2n) is 9.21. The van der Waals surface area contributed by atoms with E-state index in [2.05, 4.69) is 48.5 Å². The third-order valence-electron chi connectivity index (χ3n) is 7.05. The number of phenols is 1. The molecular weight excluding hydrogens is 456 g/mol. The zero-order valence-electron chi connectivity index (χ0n) is 20.0. The van der Waals surface area contributed by atoms with Crippen LogP contribution in [0, 0.1) is 0 Å². The van der Waals surface area contributed by atoms with E-state index < -0.39 is 5.97 Å². The van der Waals surface area contributed by atoms with E-state index in [1.165, 1.54) is 0 Å². The fraction of sp³-hybridized carbons (Fsp3) is 0.0294. The highest BCUT2D eigenvalue weighted by atomic mass is 16.4. The van der Waals surface area contributed by atoms with Gasteiger partial charge in [-0.3, -0.25) is 0 Å². The SMILES string of the molecule is O=C(O)c1cc(C(c2cccc3ccccc23)c2cccc3ccccc23)cc(-c2ccccc2)c1O. The molecule has 0 aromatic heterocycles. The summed E-state index contributed by atoms with van der Waals surface area (Å²) in [6, 6.07) is 42.0. The molecule has 0 aliphatic heterocycles. The van der Waals surface area contributed by atoms with Crippen molar-refractivity contribution in [3.05, 3.63) is 150 Å². The maximum absolute atomic E-state index is 12.3. The number of hydrogen-bond acceptors (Lipinski definition) is 2. The molecule has 0 saturated heterocycles. The van der Waals surface area contributed by atoms with Gasteiger partial charge in [0.15, 0.2) is 0 Å². The van der Waals surface area contributed by atoms with Crippen LogP contribution in [0.15, 0.2) is 127 Å². The van der Waals surface area contributed by atoms with Crippen molar-refractivity contribution in [1.82, 2.24) is 0 Å². The van der Waals surface area contributed by atoms with Gasteiger partial charge in [-0.15, -0.1) is 0 Å². The van der Waals surface area contributed by atoms with Crippen LogP contribution in [0.25, 0.3) is 32.7 Å². The van der Waals surface area contributed by atoms with E-state index in [4.69, 9.17) is 0 Å². The Morgan fingerprint density at radius 3 is 1.68 bits per heavy atom. The molecule has 178 valence electrons. The number of fused-ring (bicyclic) bond motifs is 2. The number of rotatable bonds is 5. The summed E-state index contributed by atoms with van der Waals surface area (Å²) in [5, 5.41) is 25.5. The maximum Gasteiger partial charge on any atom is 0.339 e. The van der Waals surface area contributed by atoms with Gasteiger partial charge in [-0.05, 0) is 55.9 Å². The Balaban J connectivity index is 1.72. The van der Waals surface area contributed by atoms with Crippen LogP contribution in [0.1, 0.15) is 33.0 Å². The normalized spacial score (nSPS) is 11.3. The molecule has 0 bridgehead atoms. The first-order valence-electron chi connectivity index (χ1n) is 12.2. The summed E-state index contributed by atoms with van der Waals surface area (Å²) < 4.78 is 0. The lowest BCUT2D eigenvalue weighted by Gasteiger charge is -2.24. The number of aromatic hydroxyl groups is 1. The van der Waals surface area contributed by atoms with Crippen LogP contribution in [0.5, 0.6) is 5.75 Å².